The number of fused-ring (bicyclic) bond motifs is 2. The first-order valence-electron chi connectivity index (χ1n) is 7.22. The maximum Gasteiger partial charge on any atom is 0.334 e. The standard InChI is InChI=1S/C15H22O5/c1-6-4-9-11(7(2)14(19)20-9)13(18)15(3)10(17)5-8(16)12(6)15/h6,8-13,16-18H,2,4-5H2,1,3H3/t6-,8-,9-,10+,11+,12+,13-,15+/m0/s1. The predicted octanol–water partition coefficient (Wildman–Crippen LogP) is 0.233. The molecule has 0 aromatic rings. The topological polar surface area (TPSA) is 87.0 Å². The number of hydrogen-bond acceptors (Lipinski definition) is 5. The molecule has 8 atom stereocenters. The van der Waals surface area contributed by atoms with Crippen LogP contribution in [0.4, 0.5) is 0 Å². The molecule has 3 aliphatic rings. The number of ether oxygens (including phenoxy) is 1. The van der Waals surface area contributed by atoms with E-state index in [9.17, 15) is 20.1 Å². The zero-order valence-electron chi connectivity index (χ0n) is 11.8. The van der Waals surface area contributed by atoms with Crippen LogP contribution in [0.5, 0.6) is 0 Å². The van der Waals surface area contributed by atoms with E-state index in [0.29, 0.717) is 6.42 Å². The maximum absolute atomic E-state index is 11.7. The first kappa shape index (κ1) is 14.0. The summed E-state index contributed by atoms with van der Waals surface area (Å²) in [7, 11) is 0. The van der Waals surface area contributed by atoms with Crippen molar-refractivity contribution in [2.45, 2.75) is 51.1 Å². The van der Waals surface area contributed by atoms with E-state index in [-0.39, 0.29) is 23.8 Å². The van der Waals surface area contributed by atoms with Crippen LogP contribution in [0.2, 0.25) is 0 Å². The van der Waals surface area contributed by atoms with Gasteiger partial charge in [0.15, 0.2) is 0 Å². The fourth-order valence-electron chi connectivity index (χ4n) is 4.79. The van der Waals surface area contributed by atoms with E-state index in [4.69, 9.17) is 4.74 Å². The summed E-state index contributed by atoms with van der Waals surface area (Å²) < 4.78 is 5.32. The Labute approximate surface area is 118 Å². The Morgan fingerprint density at radius 2 is 1.95 bits per heavy atom. The summed E-state index contributed by atoms with van der Waals surface area (Å²) in [4.78, 5) is 11.7. The molecule has 0 spiro atoms. The third-order valence-electron chi connectivity index (χ3n) is 5.83. The molecule has 1 saturated heterocycles. The minimum absolute atomic E-state index is 0.0514. The van der Waals surface area contributed by atoms with Crippen molar-refractivity contribution in [3.8, 4) is 0 Å². The highest BCUT2D eigenvalue weighted by Crippen LogP contribution is 2.56. The number of rotatable bonds is 0. The van der Waals surface area contributed by atoms with Crippen LogP contribution in [-0.4, -0.2) is 45.7 Å². The molecule has 112 valence electrons. The molecule has 5 heteroatoms. The molecule has 0 radical (unpaired) electrons. The third kappa shape index (κ3) is 1.57. The predicted molar refractivity (Wildman–Crippen MR) is 70.5 cm³/mol. The minimum atomic E-state index is -0.937. The van der Waals surface area contributed by atoms with Gasteiger partial charge in [0.25, 0.3) is 0 Å². The van der Waals surface area contributed by atoms with Crippen LogP contribution in [-0.2, 0) is 9.53 Å². The summed E-state index contributed by atoms with van der Waals surface area (Å²) in [5.41, 5.74) is -0.556. The van der Waals surface area contributed by atoms with Crippen molar-refractivity contribution in [2.24, 2.45) is 23.2 Å². The van der Waals surface area contributed by atoms with E-state index in [0.717, 1.165) is 0 Å². The Hall–Kier alpha value is -0.910. The second-order valence-electron chi connectivity index (χ2n) is 6.86. The van der Waals surface area contributed by atoms with E-state index in [1.807, 2.05) is 6.92 Å². The molecule has 1 aliphatic heterocycles. The number of aliphatic hydroxyl groups excluding tert-OH is 3. The number of carbonyl (C=O) groups excluding carboxylic acids is 1. The van der Waals surface area contributed by atoms with Gasteiger partial charge in [-0.1, -0.05) is 20.4 Å². The summed E-state index contributed by atoms with van der Waals surface area (Å²) in [5, 5.41) is 31.4. The molecule has 0 aromatic heterocycles. The Morgan fingerprint density at radius 3 is 2.60 bits per heavy atom. The zero-order valence-corrected chi connectivity index (χ0v) is 11.8. The van der Waals surface area contributed by atoms with E-state index < -0.39 is 41.7 Å². The molecule has 2 aliphatic carbocycles. The van der Waals surface area contributed by atoms with Gasteiger partial charge in [-0.2, -0.15) is 0 Å². The van der Waals surface area contributed by atoms with Crippen LogP contribution >= 0.6 is 0 Å². The lowest BCUT2D eigenvalue weighted by atomic mass is 9.67. The lowest BCUT2D eigenvalue weighted by Gasteiger charge is -2.41. The number of esters is 1. The van der Waals surface area contributed by atoms with Crippen LogP contribution in [0.3, 0.4) is 0 Å². The molecule has 3 fully saturated rings. The van der Waals surface area contributed by atoms with Crippen LogP contribution in [0.25, 0.3) is 0 Å². The number of aliphatic hydroxyl groups is 3. The Morgan fingerprint density at radius 1 is 1.30 bits per heavy atom. The van der Waals surface area contributed by atoms with Crippen LogP contribution in [0.15, 0.2) is 12.2 Å². The summed E-state index contributed by atoms with van der Waals surface area (Å²) in [6.45, 7) is 7.53. The fourth-order valence-corrected chi connectivity index (χ4v) is 4.79. The SMILES string of the molecule is C=C1C(=O)O[C@H]2C[C@H](C)[C@@H]3[C@@H](O)C[C@@H](O)[C@@]3(C)[C@@H](O)[C@H]12. The van der Waals surface area contributed by atoms with Crippen molar-refractivity contribution in [2.75, 3.05) is 0 Å². The summed E-state index contributed by atoms with van der Waals surface area (Å²) in [6, 6.07) is 0. The van der Waals surface area contributed by atoms with Crippen molar-refractivity contribution in [1.29, 1.82) is 0 Å². The molecule has 20 heavy (non-hydrogen) atoms. The molecule has 0 aromatic carbocycles. The van der Waals surface area contributed by atoms with Gasteiger partial charge in [-0.3, -0.25) is 0 Å². The second-order valence-corrected chi connectivity index (χ2v) is 6.86. The van der Waals surface area contributed by atoms with Crippen molar-refractivity contribution < 1.29 is 24.9 Å². The third-order valence-corrected chi connectivity index (χ3v) is 5.83. The highest BCUT2D eigenvalue weighted by atomic mass is 16.6. The molecule has 0 amide bonds. The monoisotopic (exact) mass is 282 g/mol. The highest BCUT2D eigenvalue weighted by molar-refractivity contribution is 5.91. The molecular formula is C15H22O5. The first-order chi connectivity index (χ1) is 9.28. The van der Waals surface area contributed by atoms with Gasteiger partial charge in [-0.25, -0.2) is 4.79 Å². The van der Waals surface area contributed by atoms with Gasteiger partial charge < -0.3 is 20.1 Å². The lowest BCUT2D eigenvalue weighted by molar-refractivity contribution is -0.140. The van der Waals surface area contributed by atoms with Gasteiger partial charge in [-0.15, -0.1) is 0 Å². The smallest absolute Gasteiger partial charge is 0.334 e. The lowest BCUT2D eigenvalue weighted by Crippen LogP contribution is -2.49. The molecule has 1 heterocycles. The van der Waals surface area contributed by atoms with Gasteiger partial charge in [0.05, 0.1) is 24.2 Å². The maximum atomic E-state index is 11.7. The fraction of sp³-hybridized carbons (Fsp3) is 0.800. The van der Waals surface area contributed by atoms with Crippen LogP contribution in [0, 0.1) is 23.2 Å². The van der Waals surface area contributed by atoms with E-state index in [1.54, 1.807) is 6.92 Å². The normalized spacial score (nSPS) is 55.1. The van der Waals surface area contributed by atoms with Gasteiger partial charge in [0.1, 0.15) is 6.10 Å². The Kier molecular flexibility index (Phi) is 3.01. The molecule has 0 unspecified atom stereocenters. The summed E-state index contributed by atoms with van der Waals surface area (Å²) >= 11 is 0. The molecule has 0 bridgehead atoms. The van der Waals surface area contributed by atoms with E-state index in [1.165, 1.54) is 0 Å². The molecule has 5 nitrogen and oxygen atoms in total. The highest BCUT2D eigenvalue weighted by Gasteiger charge is 2.63. The summed E-state index contributed by atoms with van der Waals surface area (Å²) in [5.74, 6) is -1.10. The van der Waals surface area contributed by atoms with Gasteiger partial charge in [-0.05, 0) is 18.3 Å². The van der Waals surface area contributed by atoms with Crippen LogP contribution < -0.4 is 0 Å². The van der Waals surface area contributed by atoms with Gasteiger partial charge in [0, 0.05) is 17.4 Å². The van der Waals surface area contributed by atoms with Crippen LogP contribution in [0.1, 0.15) is 26.7 Å². The molecular weight excluding hydrogens is 260 g/mol. The van der Waals surface area contributed by atoms with Gasteiger partial charge >= 0.3 is 5.97 Å². The number of hydrogen-bond donors (Lipinski definition) is 3. The van der Waals surface area contributed by atoms with Crippen molar-refractivity contribution in [3.05, 3.63) is 12.2 Å². The Balaban J connectivity index is 2.06. The average molecular weight is 282 g/mol. The molecule has 3 N–H and O–H groups in total. The second kappa shape index (κ2) is 4.29. The van der Waals surface area contributed by atoms with Crippen molar-refractivity contribution >= 4 is 5.97 Å². The largest absolute Gasteiger partial charge is 0.458 e. The summed E-state index contributed by atoms with van der Waals surface area (Å²) in [6.07, 6.45) is -1.92. The number of carbonyl (C=O) groups is 1. The van der Waals surface area contributed by atoms with Crippen molar-refractivity contribution in [3.63, 3.8) is 0 Å². The Bertz CT molecular complexity index is 461. The quantitative estimate of drug-likeness (QED) is 0.437. The van der Waals surface area contributed by atoms with E-state index in [2.05, 4.69) is 6.58 Å². The van der Waals surface area contributed by atoms with Gasteiger partial charge in [0.2, 0.25) is 0 Å². The molecule has 2 saturated carbocycles. The first-order valence-corrected chi connectivity index (χ1v) is 7.22. The zero-order chi connectivity index (χ0) is 14.8. The van der Waals surface area contributed by atoms with E-state index >= 15 is 0 Å². The minimum Gasteiger partial charge on any atom is -0.458 e. The van der Waals surface area contributed by atoms with Crippen molar-refractivity contribution in [1.82, 2.24) is 0 Å². The average Bonchev–Trinajstić information content (AvgIpc) is 2.72. The molecule has 3 rings (SSSR count).